The number of halogens is 2. The fourth-order valence-corrected chi connectivity index (χ4v) is 1.37. The maximum Gasteiger partial charge on any atom is 0.270 e. The van der Waals surface area contributed by atoms with E-state index in [2.05, 4.69) is 10.3 Å². The van der Waals surface area contributed by atoms with Crippen LogP contribution < -0.4 is 5.32 Å². The quantitative estimate of drug-likeness (QED) is 0.804. The SMILES string of the molecule is CC(CCCl)NC(=O)c1ccc(F)cn1. The van der Waals surface area contributed by atoms with Crippen molar-refractivity contribution >= 4 is 17.5 Å². The third-order valence-electron chi connectivity index (χ3n) is 1.88. The second-order valence-corrected chi connectivity index (χ2v) is 3.59. The number of hydrogen-bond donors (Lipinski definition) is 1. The predicted molar refractivity (Wildman–Crippen MR) is 56.5 cm³/mol. The van der Waals surface area contributed by atoms with Gasteiger partial charge in [0.25, 0.3) is 5.91 Å². The molecule has 0 aliphatic heterocycles. The highest BCUT2D eigenvalue weighted by Gasteiger charge is 2.10. The van der Waals surface area contributed by atoms with Crippen molar-refractivity contribution in [3.8, 4) is 0 Å². The first-order chi connectivity index (χ1) is 7.13. The molecule has 0 aliphatic rings. The maximum atomic E-state index is 12.5. The van der Waals surface area contributed by atoms with E-state index >= 15 is 0 Å². The van der Waals surface area contributed by atoms with E-state index in [1.165, 1.54) is 12.1 Å². The first-order valence-electron chi connectivity index (χ1n) is 4.62. The summed E-state index contributed by atoms with van der Waals surface area (Å²) < 4.78 is 12.5. The lowest BCUT2D eigenvalue weighted by Gasteiger charge is -2.11. The molecule has 5 heteroatoms. The van der Waals surface area contributed by atoms with Crippen LogP contribution >= 0.6 is 11.6 Å². The van der Waals surface area contributed by atoms with Crippen LogP contribution in [0.5, 0.6) is 0 Å². The average molecular weight is 231 g/mol. The summed E-state index contributed by atoms with van der Waals surface area (Å²) in [6.45, 7) is 1.85. The van der Waals surface area contributed by atoms with Gasteiger partial charge in [0.15, 0.2) is 0 Å². The predicted octanol–water partition coefficient (Wildman–Crippen LogP) is 1.97. The van der Waals surface area contributed by atoms with Crippen LogP contribution in [-0.2, 0) is 0 Å². The second-order valence-electron chi connectivity index (χ2n) is 3.21. The summed E-state index contributed by atoms with van der Waals surface area (Å²) in [5.41, 5.74) is 0.206. The molecule has 0 saturated heterocycles. The van der Waals surface area contributed by atoms with E-state index < -0.39 is 5.82 Å². The highest BCUT2D eigenvalue weighted by atomic mass is 35.5. The molecule has 1 aromatic rings. The van der Waals surface area contributed by atoms with Crippen molar-refractivity contribution in [2.24, 2.45) is 0 Å². The van der Waals surface area contributed by atoms with Crippen LogP contribution in [0.3, 0.4) is 0 Å². The molecule has 1 amide bonds. The van der Waals surface area contributed by atoms with Crippen LogP contribution in [0.4, 0.5) is 4.39 Å². The zero-order valence-electron chi connectivity index (χ0n) is 8.34. The third-order valence-corrected chi connectivity index (χ3v) is 2.10. The van der Waals surface area contributed by atoms with Gasteiger partial charge in [-0.2, -0.15) is 0 Å². The van der Waals surface area contributed by atoms with Gasteiger partial charge in [-0.25, -0.2) is 9.37 Å². The Morgan fingerprint density at radius 3 is 2.93 bits per heavy atom. The molecule has 3 nitrogen and oxygen atoms in total. The first-order valence-corrected chi connectivity index (χ1v) is 5.15. The normalized spacial score (nSPS) is 12.2. The van der Waals surface area contributed by atoms with Gasteiger partial charge in [0, 0.05) is 11.9 Å². The van der Waals surface area contributed by atoms with E-state index in [0.29, 0.717) is 12.3 Å². The Morgan fingerprint density at radius 1 is 1.67 bits per heavy atom. The minimum Gasteiger partial charge on any atom is -0.348 e. The summed E-state index contributed by atoms with van der Waals surface area (Å²) in [4.78, 5) is 15.2. The highest BCUT2D eigenvalue weighted by Crippen LogP contribution is 2.00. The Balaban J connectivity index is 2.57. The number of carbonyl (C=O) groups is 1. The van der Waals surface area contributed by atoms with E-state index in [1.54, 1.807) is 0 Å². The first kappa shape index (κ1) is 11.9. The number of rotatable bonds is 4. The Morgan fingerprint density at radius 2 is 2.40 bits per heavy atom. The standard InChI is InChI=1S/C10H12ClFN2O/c1-7(4-5-11)14-10(15)9-3-2-8(12)6-13-9/h2-3,6-7H,4-5H2,1H3,(H,14,15). The van der Waals surface area contributed by atoms with Crippen LogP contribution in [0.25, 0.3) is 0 Å². The van der Waals surface area contributed by atoms with Gasteiger partial charge in [-0.3, -0.25) is 4.79 Å². The number of amides is 1. The Kier molecular flexibility index (Phi) is 4.49. The zero-order chi connectivity index (χ0) is 11.3. The maximum absolute atomic E-state index is 12.5. The Bertz CT molecular complexity index is 329. The van der Waals surface area contributed by atoms with Gasteiger partial charge < -0.3 is 5.32 Å². The number of aromatic nitrogens is 1. The van der Waals surface area contributed by atoms with Crippen LogP contribution in [0.15, 0.2) is 18.3 Å². The van der Waals surface area contributed by atoms with Crippen LogP contribution in [-0.4, -0.2) is 22.8 Å². The zero-order valence-corrected chi connectivity index (χ0v) is 9.09. The van der Waals surface area contributed by atoms with E-state index in [9.17, 15) is 9.18 Å². The number of nitrogens with one attached hydrogen (secondary N) is 1. The molecule has 0 saturated carbocycles. The summed E-state index contributed by atoms with van der Waals surface area (Å²) in [6, 6.07) is 2.54. The molecule has 0 aliphatic carbocycles. The Labute approximate surface area is 92.7 Å². The molecule has 82 valence electrons. The second kappa shape index (κ2) is 5.66. The van der Waals surface area contributed by atoms with Crippen molar-refractivity contribution in [2.45, 2.75) is 19.4 Å². The molecule has 0 aromatic carbocycles. The molecule has 1 unspecified atom stereocenters. The smallest absolute Gasteiger partial charge is 0.270 e. The van der Waals surface area contributed by atoms with E-state index in [0.717, 1.165) is 6.20 Å². The highest BCUT2D eigenvalue weighted by molar-refractivity contribution is 6.17. The fraction of sp³-hybridized carbons (Fsp3) is 0.400. The number of pyridine rings is 1. The fourth-order valence-electron chi connectivity index (χ4n) is 1.04. The molecule has 1 atom stereocenters. The van der Waals surface area contributed by atoms with Crippen LogP contribution in [0.1, 0.15) is 23.8 Å². The van der Waals surface area contributed by atoms with E-state index in [1.807, 2.05) is 6.92 Å². The van der Waals surface area contributed by atoms with E-state index in [-0.39, 0.29) is 17.6 Å². The lowest BCUT2D eigenvalue weighted by atomic mass is 10.2. The van der Waals surface area contributed by atoms with Crippen molar-refractivity contribution in [1.82, 2.24) is 10.3 Å². The molecule has 0 radical (unpaired) electrons. The van der Waals surface area contributed by atoms with Gasteiger partial charge in [0.05, 0.1) is 6.20 Å². The number of nitrogens with zero attached hydrogens (tertiary/aromatic N) is 1. The minimum atomic E-state index is -0.458. The molecule has 15 heavy (non-hydrogen) atoms. The van der Waals surface area contributed by atoms with Gasteiger partial charge in [-0.1, -0.05) is 0 Å². The van der Waals surface area contributed by atoms with Gasteiger partial charge in [0.1, 0.15) is 11.5 Å². The van der Waals surface area contributed by atoms with Crippen molar-refractivity contribution < 1.29 is 9.18 Å². The largest absolute Gasteiger partial charge is 0.348 e. The van der Waals surface area contributed by atoms with Crippen molar-refractivity contribution in [1.29, 1.82) is 0 Å². The third kappa shape index (κ3) is 3.83. The van der Waals surface area contributed by atoms with Gasteiger partial charge in [0.2, 0.25) is 0 Å². The molecule has 0 fully saturated rings. The summed E-state index contributed by atoms with van der Waals surface area (Å²) >= 11 is 5.53. The summed E-state index contributed by atoms with van der Waals surface area (Å²) in [5.74, 6) is -0.286. The molecule has 1 rings (SSSR count). The Hall–Kier alpha value is -1.16. The average Bonchev–Trinajstić information content (AvgIpc) is 2.18. The van der Waals surface area contributed by atoms with Crippen molar-refractivity contribution in [3.05, 3.63) is 29.8 Å². The van der Waals surface area contributed by atoms with Crippen molar-refractivity contribution in [3.63, 3.8) is 0 Å². The van der Waals surface area contributed by atoms with E-state index in [4.69, 9.17) is 11.6 Å². The molecule has 1 heterocycles. The molecule has 1 aromatic heterocycles. The van der Waals surface area contributed by atoms with Gasteiger partial charge in [-0.15, -0.1) is 11.6 Å². The molecular formula is C10H12ClFN2O. The molecule has 0 spiro atoms. The molecule has 0 bridgehead atoms. The topological polar surface area (TPSA) is 42.0 Å². The number of hydrogen-bond acceptors (Lipinski definition) is 2. The summed E-state index contributed by atoms with van der Waals surface area (Å²) in [5, 5.41) is 2.71. The lowest BCUT2D eigenvalue weighted by molar-refractivity contribution is 0.0934. The minimum absolute atomic E-state index is 0.0122. The summed E-state index contributed by atoms with van der Waals surface area (Å²) in [7, 11) is 0. The molecule has 1 N–H and O–H groups in total. The number of alkyl halides is 1. The van der Waals surface area contributed by atoms with Gasteiger partial charge in [-0.05, 0) is 25.5 Å². The van der Waals surface area contributed by atoms with Crippen LogP contribution in [0.2, 0.25) is 0 Å². The summed E-state index contributed by atoms with van der Waals surface area (Å²) in [6.07, 6.45) is 1.70. The van der Waals surface area contributed by atoms with Crippen molar-refractivity contribution in [2.75, 3.05) is 5.88 Å². The van der Waals surface area contributed by atoms with Gasteiger partial charge >= 0.3 is 0 Å². The molecular weight excluding hydrogens is 219 g/mol. The number of carbonyl (C=O) groups excluding carboxylic acids is 1. The van der Waals surface area contributed by atoms with Crippen LogP contribution in [0, 0.1) is 5.82 Å². The lowest BCUT2D eigenvalue weighted by Crippen LogP contribution is -2.33. The monoisotopic (exact) mass is 230 g/mol.